The predicted octanol–water partition coefficient (Wildman–Crippen LogP) is 2.86. The van der Waals surface area contributed by atoms with Gasteiger partial charge >= 0.3 is 5.97 Å². The summed E-state index contributed by atoms with van der Waals surface area (Å²) in [6.07, 6.45) is 2.86. The normalized spacial score (nSPS) is 15.4. The molecule has 4 rings (SSSR count). The highest BCUT2D eigenvalue weighted by Gasteiger charge is 2.37. The fourth-order valence-electron chi connectivity index (χ4n) is 3.74. The van der Waals surface area contributed by atoms with E-state index in [1.54, 1.807) is 60.7 Å². The summed E-state index contributed by atoms with van der Waals surface area (Å²) in [5, 5.41) is 7.91. The molecule has 1 aliphatic rings. The minimum absolute atomic E-state index is 0.151. The van der Waals surface area contributed by atoms with Gasteiger partial charge in [0.2, 0.25) is 10.0 Å². The van der Waals surface area contributed by atoms with Crippen molar-refractivity contribution in [2.24, 2.45) is 5.14 Å². The van der Waals surface area contributed by atoms with Gasteiger partial charge in [-0.3, -0.25) is 14.5 Å². The van der Waals surface area contributed by atoms with Crippen molar-refractivity contribution in [2.45, 2.75) is 10.9 Å². The Kier molecular flexibility index (Phi) is 6.50. The molecular weight excluding hydrogens is 470 g/mol. The molecule has 0 aromatic heterocycles. The van der Waals surface area contributed by atoms with Crippen LogP contribution in [-0.4, -0.2) is 33.3 Å². The van der Waals surface area contributed by atoms with Crippen LogP contribution in [0.25, 0.3) is 6.08 Å². The largest absolute Gasteiger partial charge is 0.465 e. The topological polar surface area (TPSA) is 136 Å². The van der Waals surface area contributed by atoms with E-state index in [4.69, 9.17) is 5.14 Å². The van der Waals surface area contributed by atoms with Crippen LogP contribution in [0.15, 0.2) is 83.8 Å². The number of hydrogen-bond donors (Lipinski definition) is 2. The molecule has 3 aromatic carbocycles. The zero-order valence-corrected chi connectivity index (χ0v) is 19.4. The summed E-state index contributed by atoms with van der Waals surface area (Å²) < 4.78 is 28.3. The molecule has 3 N–H and O–H groups in total. The van der Waals surface area contributed by atoms with Gasteiger partial charge in [-0.25, -0.2) is 18.4 Å². The second-order valence-electron chi connectivity index (χ2n) is 7.68. The van der Waals surface area contributed by atoms with Gasteiger partial charge in [-0.2, -0.15) is 0 Å². The van der Waals surface area contributed by atoms with Crippen LogP contribution in [0.1, 0.15) is 27.5 Å². The molecule has 0 saturated carbocycles. The highest BCUT2D eigenvalue weighted by Crippen LogP contribution is 2.39. The second-order valence-corrected chi connectivity index (χ2v) is 9.24. The van der Waals surface area contributed by atoms with Crippen LogP contribution in [-0.2, 0) is 24.3 Å². The van der Waals surface area contributed by atoms with E-state index in [2.05, 4.69) is 10.1 Å². The summed E-state index contributed by atoms with van der Waals surface area (Å²) >= 11 is 0. The third-order valence-electron chi connectivity index (χ3n) is 5.42. The van der Waals surface area contributed by atoms with Crippen molar-refractivity contribution in [1.29, 1.82) is 0 Å². The van der Waals surface area contributed by atoms with Gasteiger partial charge in [-0.15, -0.1) is 0 Å². The van der Waals surface area contributed by atoms with E-state index < -0.39 is 33.8 Å². The van der Waals surface area contributed by atoms with Crippen LogP contribution < -0.4 is 15.4 Å². The number of hydrogen-bond acceptors (Lipinski definition) is 6. The van der Waals surface area contributed by atoms with E-state index >= 15 is 0 Å². The smallest absolute Gasteiger partial charge is 0.337 e. The Morgan fingerprint density at radius 3 is 2.34 bits per heavy atom. The summed E-state index contributed by atoms with van der Waals surface area (Å²) in [5.41, 5.74) is 2.07. The quantitative estimate of drug-likeness (QED) is 0.416. The average molecular weight is 492 g/mol. The van der Waals surface area contributed by atoms with Crippen LogP contribution >= 0.6 is 0 Å². The van der Waals surface area contributed by atoms with Gasteiger partial charge in [0.05, 0.1) is 28.9 Å². The average Bonchev–Trinajstić information content (AvgIpc) is 2.85. The van der Waals surface area contributed by atoms with E-state index in [0.29, 0.717) is 22.4 Å². The fourth-order valence-corrected chi connectivity index (χ4v) is 4.28. The SMILES string of the molecule is COC(=O)c1ccc(/C=C/C(=O)N2c3ccc(S(N)(=O)=O)cc3NC(=O)C2c2ccccc2)cc1. The summed E-state index contributed by atoms with van der Waals surface area (Å²) in [4.78, 5) is 39.2. The lowest BCUT2D eigenvalue weighted by Crippen LogP contribution is -2.44. The summed E-state index contributed by atoms with van der Waals surface area (Å²) in [5.74, 6) is -1.48. The number of sulfonamides is 1. The number of esters is 1. The number of anilines is 2. The van der Waals surface area contributed by atoms with Crippen molar-refractivity contribution >= 4 is 45.3 Å². The number of nitrogens with one attached hydrogen (secondary N) is 1. The van der Waals surface area contributed by atoms with Gasteiger partial charge in [-0.1, -0.05) is 42.5 Å². The van der Waals surface area contributed by atoms with Crippen LogP contribution in [0.4, 0.5) is 11.4 Å². The number of rotatable bonds is 5. The minimum atomic E-state index is -4.02. The Balaban J connectivity index is 1.73. The van der Waals surface area contributed by atoms with E-state index in [1.165, 1.54) is 36.3 Å². The summed E-state index contributed by atoms with van der Waals surface area (Å²) in [6, 6.07) is 18.1. The second kappa shape index (κ2) is 9.53. The molecule has 1 heterocycles. The van der Waals surface area contributed by atoms with E-state index in [1.807, 2.05) is 0 Å². The van der Waals surface area contributed by atoms with E-state index in [-0.39, 0.29) is 10.6 Å². The van der Waals surface area contributed by atoms with Crippen LogP contribution in [0.5, 0.6) is 0 Å². The first-order valence-electron chi connectivity index (χ1n) is 10.4. The fraction of sp³-hybridized carbons (Fsp3) is 0.0800. The Hall–Kier alpha value is -4.28. The van der Waals surface area contributed by atoms with Gasteiger partial charge in [0.1, 0.15) is 6.04 Å². The predicted molar refractivity (Wildman–Crippen MR) is 130 cm³/mol. The number of ether oxygens (including phenoxy) is 1. The van der Waals surface area contributed by atoms with Gasteiger partial charge < -0.3 is 10.1 Å². The van der Waals surface area contributed by atoms with E-state index in [0.717, 1.165) is 0 Å². The number of nitrogens with two attached hydrogens (primary N) is 1. The zero-order chi connectivity index (χ0) is 25.2. The molecular formula is C25H21N3O6S. The number of fused-ring (bicyclic) bond motifs is 1. The number of primary sulfonamides is 1. The van der Waals surface area contributed by atoms with Crippen LogP contribution in [0.2, 0.25) is 0 Å². The van der Waals surface area contributed by atoms with Crippen molar-refractivity contribution in [3.8, 4) is 0 Å². The molecule has 178 valence electrons. The number of benzene rings is 3. The molecule has 0 aliphatic carbocycles. The van der Waals surface area contributed by atoms with Gasteiger partial charge in [-0.05, 0) is 47.5 Å². The Morgan fingerprint density at radius 2 is 1.71 bits per heavy atom. The molecule has 0 bridgehead atoms. The van der Waals surface area contributed by atoms with Gasteiger partial charge in [0.25, 0.3) is 11.8 Å². The van der Waals surface area contributed by atoms with Crippen molar-refractivity contribution in [3.05, 3.63) is 95.6 Å². The highest BCUT2D eigenvalue weighted by molar-refractivity contribution is 7.89. The van der Waals surface area contributed by atoms with E-state index in [9.17, 15) is 22.8 Å². The lowest BCUT2D eigenvalue weighted by atomic mass is 9.99. The molecule has 0 spiro atoms. The van der Waals surface area contributed by atoms with Crippen molar-refractivity contribution in [1.82, 2.24) is 0 Å². The first-order valence-corrected chi connectivity index (χ1v) is 12.0. The zero-order valence-electron chi connectivity index (χ0n) is 18.5. The number of carbonyl (C=O) groups is 3. The number of nitrogens with zero attached hydrogens (tertiary/aromatic N) is 1. The van der Waals surface area contributed by atoms with Crippen LogP contribution in [0, 0.1) is 0 Å². The third kappa shape index (κ3) is 4.98. The molecule has 1 aliphatic heterocycles. The molecule has 0 saturated heterocycles. The maximum absolute atomic E-state index is 13.4. The van der Waals surface area contributed by atoms with Crippen molar-refractivity contribution in [2.75, 3.05) is 17.3 Å². The maximum atomic E-state index is 13.4. The monoisotopic (exact) mass is 491 g/mol. The van der Waals surface area contributed by atoms with Gasteiger partial charge in [0, 0.05) is 6.08 Å². The molecule has 2 amide bonds. The first-order chi connectivity index (χ1) is 16.7. The first kappa shape index (κ1) is 23.9. The third-order valence-corrected chi connectivity index (χ3v) is 6.33. The van der Waals surface area contributed by atoms with Crippen molar-refractivity contribution < 1.29 is 27.5 Å². The molecule has 1 unspecified atom stereocenters. The molecule has 1 atom stereocenters. The van der Waals surface area contributed by atoms with Crippen molar-refractivity contribution in [3.63, 3.8) is 0 Å². The molecule has 35 heavy (non-hydrogen) atoms. The number of amides is 2. The lowest BCUT2D eigenvalue weighted by Gasteiger charge is -2.36. The highest BCUT2D eigenvalue weighted by atomic mass is 32.2. The summed E-state index contributed by atoms with van der Waals surface area (Å²) in [6.45, 7) is 0. The number of carbonyl (C=O) groups excluding carboxylic acids is 3. The maximum Gasteiger partial charge on any atom is 0.337 e. The standard InChI is InChI=1S/C25H21N3O6S/c1-34-25(31)18-10-7-16(8-11-18)9-14-22(29)28-21-13-12-19(35(26,32)33)15-20(21)27-24(30)23(28)17-5-3-2-4-6-17/h2-15,23H,1H3,(H,27,30)(H2,26,32,33)/b14-9+. The minimum Gasteiger partial charge on any atom is -0.465 e. The van der Waals surface area contributed by atoms with Gasteiger partial charge in [0.15, 0.2) is 0 Å². The molecule has 0 fully saturated rings. The van der Waals surface area contributed by atoms with Crippen LogP contribution in [0.3, 0.4) is 0 Å². The Labute approximate surface area is 201 Å². The lowest BCUT2D eigenvalue weighted by molar-refractivity contribution is -0.121. The Morgan fingerprint density at radius 1 is 1.03 bits per heavy atom. The number of methoxy groups -OCH3 is 1. The molecule has 0 radical (unpaired) electrons. The molecule has 10 heteroatoms. The molecule has 3 aromatic rings. The Bertz CT molecular complexity index is 1430. The molecule has 9 nitrogen and oxygen atoms in total. The summed E-state index contributed by atoms with van der Waals surface area (Å²) in [7, 11) is -2.73.